The van der Waals surface area contributed by atoms with Crippen LogP contribution in [-0.2, 0) is 11.3 Å². The maximum absolute atomic E-state index is 12.7. The van der Waals surface area contributed by atoms with E-state index in [0.717, 1.165) is 22.0 Å². The second-order valence-corrected chi connectivity index (χ2v) is 9.05. The van der Waals surface area contributed by atoms with Gasteiger partial charge in [-0.3, -0.25) is 9.69 Å². The van der Waals surface area contributed by atoms with Gasteiger partial charge in [0.2, 0.25) is 0 Å². The Labute approximate surface area is 188 Å². The first-order chi connectivity index (χ1) is 14.0. The molecular formula is C22H16Cl2N2OS2. The molecule has 2 heterocycles. The zero-order chi connectivity index (χ0) is 20.5. The van der Waals surface area contributed by atoms with Gasteiger partial charge in [-0.1, -0.05) is 77.5 Å². The molecule has 3 aromatic rings. The lowest BCUT2D eigenvalue weighted by molar-refractivity contribution is -0.121. The van der Waals surface area contributed by atoms with E-state index in [-0.39, 0.29) is 5.91 Å². The fourth-order valence-electron chi connectivity index (χ4n) is 3.28. The van der Waals surface area contributed by atoms with Gasteiger partial charge in [0.15, 0.2) is 0 Å². The van der Waals surface area contributed by atoms with Crippen LogP contribution in [0.1, 0.15) is 11.1 Å². The summed E-state index contributed by atoms with van der Waals surface area (Å²) in [5.41, 5.74) is 3.09. The van der Waals surface area contributed by atoms with E-state index in [1.165, 1.54) is 11.8 Å². The quantitative estimate of drug-likeness (QED) is 0.251. The van der Waals surface area contributed by atoms with Crippen molar-refractivity contribution in [2.45, 2.75) is 6.54 Å². The zero-order valence-corrected chi connectivity index (χ0v) is 18.4. The molecule has 0 saturated carbocycles. The number of para-hydroxylation sites is 1. The third kappa shape index (κ3) is 4.01. The predicted molar refractivity (Wildman–Crippen MR) is 128 cm³/mol. The summed E-state index contributed by atoms with van der Waals surface area (Å²) >= 11 is 18.9. The van der Waals surface area contributed by atoms with Crippen LogP contribution in [0.4, 0.5) is 0 Å². The summed E-state index contributed by atoms with van der Waals surface area (Å²) in [6.07, 6.45) is 5.64. The second-order valence-electron chi connectivity index (χ2n) is 6.56. The van der Waals surface area contributed by atoms with Gasteiger partial charge in [0.25, 0.3) is 5.91 Å². The number of rotatable bonds is 5. The van der Waals surface area contributed by atoms with Crippen molar-refractivity contribution in [3.8, 4) is 0 Å². The smallest absolute Gasteiger partial charge is 0.266 e. The highest BCUT2D eigenvalue weighted by Gasteiger charge is 2.31. The van der Waals surface area contributed by atoms with Crippen molar-refractivity contribution in [3.05, 3.63) is 87.4 Å². The number of hydrogen-bond acceptors (Lipinski definition) is 3. The van der Waals surface area contributed by atoms with Crippen LogP contribution in [0.3, 0.4) is 0 Å². The van der Waals surface area contributed by atoms with E-state index in [2.05, 4.69) is 23.3 Å². The van der Waals surface area contributed by atoms with Crippen molar-refractivity contribution in [1.29, 1.82) is 0 Å². The SMILES string of the molecule is C=CCN1C(=O)/C(=C/c2cn(Cc3ccc(Cl)c(Cl)c3)c3ccccc23)SC1=S. The van der Waals surface area contributed by atoms with Crippen LogP contribution < -0.4 is 0 Å². The molecule has 2 aromatic carbocycles. The lowest BCUT2D eigenvalue weighted by atomic mass is 10.1. The third-order valence-corrected chi connectivity index (χ3v) is 6.75. The van der Waals surface area contributed by atoms with E-state index < -0.39 is 0 Å². The Bertz CT molecular complexity index is 1180. The topological polar surface area (TPSA) is 25.2 Å². The Balaban J connectivity index is 1.73. The average molecular weight is 459 g/mol. The Morgan fingerprint density at radius 2 is 1.93 bits per heavy atom. The second kappa shape index (κ2) is 8.36. The molecule has 0 N–H and O–H groups in total. The van der Waals surface area contributed by atoms with Crippen LogP contribution >= 0.6 is 47.2 Å². The summed E-state index contributed by atoms with van der Waals surface area (Å²) in [4.78, 5) is 14.9. The van der Waals surface area contributed by atoms with Gasteiger partial charge >= 0.3 is 0 Å². The van der Waals surface area contributed by atoms with Crippen molar-refractivity contribution in [2.24, 2.45) is 0 Å². The number of amides is 1. The van der Waals surface area contributed by atoms with E-state index in [9.17, 15) is 4.79 Å². The molecule has 7 heteroatoms. The molecule has 0 aliphatic carbocycles. The minimum atomic E-state index is -0.0822. The number of fused-ring (bicyclic) bond motifs is 1. The van der Waals surface area contributed by atoms with Crippen molar-refractivity contribution < 1.29 is 4.79 Å². The number of aromatic nitrogens is 1. The molecule has 1 aliphatic rings. The van der Waals surface area contributed by atoms with Crippen LogP contribution in [0.25, 0.3) is 17.0 Å². The van der Waals surface area contributed by atoms with Gasteiger partial charge in [0, 0.05) is 35.8 Å². The fraction of sp³-hybridized carbons (Fsp3) is 0.0909. The summed E-state index contributed by atoms with van der Waals surface area (Å²) in [6, 6.07) is 13.7. The maximum Gasteiger partial charge on any atom is 0.266 e. The summed E-state index contributed by atoms with van der Waals surface area (Å²) in [7, 11) is 0. The number of carbonyl (C=O) groups is 1. The minimum Gasteiger partial charge on any atom is -0.342 e. The van der Waals surface area contributed by atoms with Gasteiger partial charge < -0.3 is 4.57 Å². The van der Waals surface area contributed by atoms with Gasteiger partial charge in [0.05, 0.1) is 15.0 Å². The molecular weight excluding hydrogens is 443 g/mol. The normalized spacial score (nSPS) is 15.7. The number of hydrogen-bond donors (Lipinski definition) is 0. The van der Waals surface area contributed by atoms with Gasteiger partial charge in [-0.2, -0.15) is 0 Å². The molecule has 1 fully saturated rings. The molecule has 1 amide bonds. The Morgan fingerprint density at radius 1 is 1.14 bits per heavy atom. The lowest BCUT2D eigenvalue weighted by Crippen LogP contribution is -2.27. The molecule has 0 atom stereocenters. The standard InChI is InChI=1S/C22H16Cl2N2OS2/c1-2-9-26-21(27)20(29-22(26)28)11-15-13-25(19-6-4-3-5-16(15)19)12-14-7-8-17(23)18(24)10-14/h2-8,10-11,13H,1,9,12H2/b20-11-. The largest absolute Gasteiger partial charge is 0.342 e. The van der Waals surface area contributed by atoms with E-state index in [1.54, 1.807) is 17.0 Å². The van der Waals surface area contributed by atoms with E-state index >= 15 is 0 Å². The van der Waals surface area contributed by atoms with Crippen LogP contribution in [0.5, 0.6) is 0 Å². The third-order valence-electron chi connectivity index (χ3n) is 4.63. The summed E-state index contributed by atoms with van der Waals surface area (Å²) in [5.74, 6) is -0.0822. The molecule has 1 aliphatic heterocycles. The molecule has 3 nitrogen and oxygen atoms in total. The number of benzene rings is 2. The van der Waals surface area contributed by atoms with Gasteiger partial charge in [-0.05, 0) is 29.8 Å². The number of nitrogens with zero attached hydrogens (tertiary/aromatic N) is 2. The molecule has 29 heavy (non-hydrogen) atoms. The number of halogens is 2. The monoisotopic (exact) mass is 458 g/mol. The predicted octanol–water partition coefficient (Wildman–Crippen LogP) is 6.38. The van der Waals surface area contributed by atoms with Crippen molar-refractivity contribution in [2.75, 3.05) is 6.54 Å². The molecule has 146 valence electrons. The van der Waals surface area contributed by atoms with Crippen molar-refractivity contribution in [1.82, 2.24) is 9.47 Å². The minimum absolute atomic E-state index is 0.0822. The zero-order valence-electron chi connectivity index (χ0n) is 15.3. The Morgan fingerprint density at radius 3 is 2.69 bits per heavy atom. The Hall–Kier alpha value is -2.05. The molecule has 0 radical (unpaired) electrons. The molecule has 0 spiro atoms. The van der Waals surface area contributed by atoms with Crippen molar-refractivity contribution in [3.63, 3.8) is 0 Å². The van der Waals surface area contributed by atoms with Crippen LogP contribution in [0.2, 0.25) is 10.0 Å². The first-order valence-electron chi connectivity index (χ1n) is 8.86. The highest BCUT2D eigenvalue weighted by molar-refractivity contribution is 8.26. The number of thiocarbonyl (C=S) groups is 1. The lowest BCUT2D eigenvalue weighted by Gasteiger charge is -2.10. The summed E-state index contributed by atoms with van der Waals surface area (Å²) in [6.45, 7) is 4.75. The first kappa shape index (κ1) is 20.2. The number of carbonyl (C=O) groups excluding carboxylic acids is 1. The molecule has 4 rings (SSSR count). The molecule has 1 aromatic heterocycles. The average Bonchev–Trinajstić information content (AvgIpc) is 3.18. The van der Waals surface area contributed by atoms with Crippen LogP contribution in [0.15, 0.2) is 66.2 Å². The highest BCUT2D eigenvalue weighted by atomic mass is 35.5. The van der Waals surface area contributed by atoms with E-state index in [0.29, 0.717) is 32.4 Å². The number of thioether (sulfide) groups is 1. The summed E-state index contributed by atoms with van der Waals surface area (Å²) < 4.78 is 2.70. The van der Waals surface area contributed by atoms with Crippen molar-refractivity contribution >= 4 is 74.4 Å². The highest BCUT2D eigenvalue weighted by Crippen LogP contribution is 2.34. The van der Waals surface area contributed by atoms with Gasteiger partial charge in [-0.25, -0.2) is 0 Å². The first-order valence-corrected chi connectivity index (χ1v) is 10.8. The van der Waals surface area contributed by atoms with Crippen LogP contribution in [0, 0.1) is 0 Å². The molecule has 1 saturated heterocycles. The van der Waals surface area contributed by atoms with Crippen LogP contribution in [-0.4, -0.2) is 26.2 Å². The van der Waals surface area contributed by atoms with Gasteiger partial charge in [0.1, 0.15) is 4.32 Å². The van der Waals surface area contributed by atoms with E-state index in [1.807, 2.05) is 36.5 Å². The van der Waals surface area contributed by atoms with Gasteiger partial charge in [-0.15, -0.1) is 6.58 Å². The Kier molecular flexibility index (Phi) is 5.83. The van der Waals surface area contributed by atoms with E-state index in [4.69, 9.17) is 35.4 Å². The maximum atomic E-state index is 12.7. The fourth-order valence-corrected chi connectivity index (χ4v) is 4.87. The summed E-state index contributed by atoms with van der Waals surface area (Å²) in [5, 5.41) is 2.14. The molecule has 0 bridgehead atoms. The molecule has 0 unspecified atom stereocenters.